The van der Waals surface area contributed by atoms with E-state index in [9.17, 15) is 8.78 Å². The van der Waals surface area contributed by atoms with E-state index in [4.69, 9.17) is 4.74 Å². The van der Waals surface area contributed by atoms with Crippen LogP contribution < -0.4 is 0 Å². The maximum Gasteiger partial charge on any atom is 0.266 e. The van der Waals surface area contributed by atoms with E-state index in [1.807, 2.05) is 7.11 Å². The molecule has 2 aliphatic carbocycles. The van der Waals surface area contributed by atoms with E-state index in [0.717, 1.165) is 24.3 Å². The van der Waals surface area contributed by atoms with Crippen molar-refractivity contribution < 1.29 is 13.5 Å². The van der Waals surface area contributed by atoms with Crippen LogP contribution in [0.15, 0.2) is 12.2 Å². The first-order valence-corrected chi connectivity index (χ1v) is 8.23. The van der Waals surface area contributed by atoms with Crippen LogP contribution in [-0.2, 0) is 4.74 Å². The van der Waals surface area contributed by atoms with Crippen molar-refractivity contribution in [3.63, 3.8) is 0 Å². The number of ether oxygens (including phenoxy) is 1. The fraction of sp³-hybridized carbons (Fsp3) is 0.882. The maximum absolute atomic E-state index is 12.0. The Morgan fingerprint density at radius 1 is 0.950 bits per heavy atom. The number of rotatable bonds is 5. The summed E-state index contributed by atoms with van der Waals surface area (Å²) in [5.74, 6) is 2.46. The van der Waals surface area contributed by atoms with Crippen LogP contribution >= 0.6 is 0 Å². The quantitative estimate of drug-likeness (QED) is 0.643. The first kappa shape index (κ1) is 15.9. The lowest BCUT2D eigenvalue weighted by molar-refractivity contribution is 0.0392. The smallest absolute Gasteiger partial charge is 0.266 e. The maximum atomic E-state index is 12.0. The van der Waals surface area contributed by atoms with Gasteiger partial charge < -0.3 is 4.74 Å². The van der Waals surface area contributed by atoms with Gasteiger partial charge in [0, 0.05) is 7.11 Å². The summed E-state index contributed by atoms with van der Waals surface area (Å²) < 4.78 is 29.5. The molecular weight excluding hydrogens is 258 g/mol. The van der Waals surface area contributed by atoms with Crippen LogP contribution in [0.3, 0.4) is 0 Å². The van der Waals surface area contributed by atoms with Crippen molar-refractivity contribution in [3.05, 3.63) is 12.2 Å². The highest BCUT2D eigenvalue weighted by Crippen LogP contribution is 2.41. The zero-order chi connectivity index (χ0) is 14.4. The molecule has 2 fully saturated rings. The number of allylic oxidation sites excluding steroid dienone is 1. The van der Waals surface area contributed by atoms with Gasteiger partial charge in [0.25, 0.3) is 6.08 Å². The second-order valence-electron chi connectivity index (χ2n) is 6.62. The summed E-state index contributed by atoms with van der Waals surface area (Å²) in [4.78, 5) is 0. The average molecular weight is 286 g/mol. The van der Waals surface area contributed by atoms with Gasteiger partial charge in [0.1, 0.15) is 0 Å². The molecule has 0 N–H and O–H groups in total. The van der Waals surface area contributed by atoms with E-state index >= 15 is 0 Å². The van der Waals surface area contributed by atoms with Crippen molar-refractivity contribution in [1.29, 1.82) is 0 Å². The van der Waals surface area contributed by atoms with Gasteiger partial charge in [-0.2, -0.15) is 8.78 Å². The Morgan fingerprint density at radius 2 is 1.50 bits per heavy atom. The van der Waals surface area contributed by atoms with Crippen molar-refractivity contribution in [2.45, 2.75) is 70.3 Å². The third kappa shape index (κ3) is 4.83. The predicted octanol–water partition coefficient (Wildman–Crippen LogP) is 5.56. The first-order valence-electron chi connectivity index (χ1n) is 8.23. The molecule has 0 bridgehead atoms. The lowest BCUT2D eigenvalue weighted by Crippen LogP contribution is -2.28. The SMILES string of the molecule is COC1CCC(C2CCC(CCC=C(F)F)CC2)CC1. The van der Waals surface area contributed by atoms with E-state index in [0.29, 0.717) is 18.4 Å². The summed E-state index contributed by atoms with van der Waals surface area (Å²) in [6.45, 7) is 0. The van der Waals surface area contributed by atoms with Gasteiger partial charge in [0.15, 0.2) is 0 Å². The highest BCUT2D eigenvalue weighted by Gasteiger charge is 2.30. The summed E-state index contributed by atoms with van der Waals surface area (Å²) in [7, 11) is 1.82. The Morgan fingerprint density at radius 3 is 2.00 bits per heavy atom. The fourth-order valence-electron chi connectivity index (χ4n) is 4.17. The first-order chi connectivity index (χ1) is 9.69. The second-order valence-corrected chi connectivity index (χ2v) is 6.62. The standard InChI is InChI=1S/C17H28F2O/c1-20-16-11-9-15(10-12-16)14-7-5-13(6-8-14)3-2-4-17(18)19/h4,13-16H,2-3,5-12H2,1H3. The van der Waals surface area contributed by atoms with Gasteiger partial charge in [0.2, 0.25) is 0 Å². The lowest BCUT2D eigenvalue weighted by Gasteiger charge is -2.37. The highest BCUT2D eigenvalue weighted by atomic mass is 19.3. The van der Waals surface area contributed by atoms with Crippen LogP contribution in [0, 0.1) is 17.8 Å². The number of methoxy groups -OCH3 is 1. The van der Waals surface area contributed by atoms with Crippen molar-refractivity contribution >= 4 is 0 Å². The van der Waals surface area contributed by atoms with E-state index in [-0.39, 0.29) is 0 Å². The van der Waals surface area contributed by atoms with Gasteiger partial charge in [-0.25, -0.2) is 0 Å². The molecule has 0 aromatic carbocycles. The van der Waals surface area contributed by atoms with Crippen molar-refractivity contribution in [1.82, 2.24) is 0 Å². The predicted molar refractivity (Wildman–Crippen MR) is 77.7 cm³/mol. The summed E-state index contributed by atoms with van der Waals surface area (Å²) in [6.07, 6.45) is 11.8. The molecule has 2 aliphatic rings. The molecule has 0 spiro atoms. The molecular formula is C17H28F2O. The van der Waals surface area contributed by atoms with E-state index < -0.39 is 6.08 Å². The molecule has 1 nitrogen and oxygen atoms in total. The van der Waals surface area contributed by atoms with Crippen molar-refractivity contribution in [3.8, 4) is 0 Å². The Hall–Kier alpha value is -0.440. The van der Waals surface area contributed by atoms with Crippen LogP contribution in [0.25, 0.3) is 0 Å². The number of hydrogen-bond acceptors (Lipinski definition) is 1. The molecule has 0 aromatic rings. The Balaban J connectivity index is 1.65. The highest BCUT2D eigenvalue weighted by molar-refractivity contribution is 4.85. The number of hydrogen-bond donors (Lipinski definition) is 0. The molecule has 0 atom stereocenters. The zero-order valence-electron chi connectivity index (χ0n) is 12.6. The van der Waals surface area contributed by atoms with Crippen LogP contribution in [-0.4, -0.2) is 13.2 Å². The monoisotopic (exact) mass is 286 g/mol. The average Bonchev–Trinajstić information content (AvgIpc) is 2.48. The molecule has 116 valence electrons. The van der Waals surface area contributed by atoms with Crippen LogP contribution in [0.5, 0.6) is 0 Å². The minimum Gasteiger partial charge on any atom is -0.381 e. The molecule has 0 radical (unpaired) electrons. The Labute approximate surface area is 121 Å². The summed E-state index contributed by atoms with van der Waals surface area (Å²) in [5, 5.41) is 0. The molecule has 2 saturated carbocycles. The van der Waals surface area contributed by atoms with E-state index in [2.05, 4.69) is 0 Å². The van der Waals surface area contributed by atoms with Gasteiger partial charge in [0.05, 0.1) is 6.10 Å². The minimum atomic E-state index is -1.52. The van der Waals surface area contributed by atoms with Gasteiger partial charge >= 0.3 is 0 Å². The topological polar surface area (TPSA) is 9.23 Å². The third-order valence-electron chi connectivity index (χ3n) is 5.48. The summed E-state index contributed by atoms with van der Waals surface area (Å²) in [5.41, 5.74) is 0. The normalized spacial score (nSPS) is 34.8. The van der Waals surface area contributed by atoms with Gasteiger partial charge in [-0.1, -0.05) is 12.8 Å². The number of halogens is 2. The molecule has 0 saturated heterocycles. The van der Waals surface area contributed by atoms with Gasteiger partial charge in [-0.05, 0) is 75.2 Å². The third-order valence-corrected chi connectivity index (χ3v) is 5.48. The largest absolute Gasteiger partial charge is 0.381 e. The Bertz CT molecular complexity index is 296. The summed E-state index contributed by atoms with van der Waals surface area (Å²) in [6, 6.07) is 0. The second kappa shape index (κ2) is 8.11. The molecule has 3 heteroatoms. The van der Waals surface area contributed by atoms with Gasteiger partial charge in [-0.3, -0.25) is 0 Å². The van der Waals surface area contributed by atoms with Crippen molar-refractivity contribution in [2.75, 3.05) is 7.11 Å². The van der Waals surface area contributed by atoms with Crippen LogP contribution in [0.4, 0.5) is 8.78 Å². The summed E-state index contributed by atoms with van der Waals surface area (Å²) >= 11 is 0. The van der Waals surface area contributed by atoms with Crippen LogP contribution in [0.1, 0.15) is 64.2 Å². The van der Waals surface area contributed by atoms with Gasteiger partial charge in [-0.15, -0.1) is 0 Å². The molecule has 0 aliphatic heterocycles. The zero-order valence-corrected chi connectivity index (χ0v) is 12.6. The van der Waals surface area contributed by atoms with E-state index in [1.165, 1.54) is 51.4 Å². The Kier molecular flexibility index (Phi) is 6.47. The van der Waals surface area contributed by atoms with Crippen molar-refractivity contribution in [2.24, 2.45) is 17.8 Å². The lowest BCUT2D eigenvalue weighted by atomic mass is 9.70. The molecule has 0 amide bonds. The molecule has 2 rings (SSSR count). The van der Waals surface area contributed by atoms with Crippen LogP contribution in [0.2, 0.25) is 0 Å². The fourth-order valence-corrected chi connectivity index (χ4v) is 4.17. The molecule has 0 heterocycles. The molecule has 0 aromatic heterocycles. The molecule has 0 unspecified atom stereocenters. The van der Waals surface area contributed by atoms with E-state index in [1.54, 1.807) is 0 Å². The molecule has 20 heavy (non-hydrogen) atoms. The minimum absolute atomic E-state index is 0.491.